The highest BCUT2D eigenvalue weighted by Crippen LogP contribution is 2.24. The molecule has 0 aliphatic rings. The summed E-state index contributed by atoms with van der Waals surface area (Å²) in [6.45, 7) is 6.72. The number of amides is 2. The van der Waals surface area contributed by atoms with E-state index in [2.05, 4.69) is 38.8 Å². The molecule has 2 rings (SSSR count). The van der Waals surface area contributed by atoms with Crippen molar-refractivity contribution in [3.63, 3.8) is 0 Å². The summed E-state index contributed by atoms with van der Waals surface area (Å²) >= 11 is 8.72. The van der Waals surface area contributed by atoms with Gasteiger partial charge in [0.25, 0.3) is 5.91 Å². The van der Waals surface area contributed by atoms with Crippen LogP contribution in [-0.4, -0.2) is 23.5 Å². The molecule has 0 aliphatic heterocycles. The monoisotopic (exact) mass is 533 g/mol. The number of carbonyl (C=O) groups is 2. The van der Waals surface area contributed by atoms with Gasteiger partial charge in [0.15, 0.2) is 5.11 Å². The fourth-order valence-corrected chi connectivity index (χ4v) is 3.64. The summed E-state index contributed by atoms with van der Waals surface area (Å²) < 4.78 is 6.63. The largest absolute Gasteiger partial charge is 0.493 e. The molecule has 0 bridgehead atoms. The third kappa shape index (κ3) is 9.92. The van der Waals surface area contributed by atoms with E-state index in [1.807, 2.05) is 19.9 Å². The molecule has 2 aromatic rings. The Morgan fingerprint density at radius 1 is 1.00 bits per heavy atom. The molecule has 0 saturated heterocycles. The first kappa shape index (κ1) is 26.8. The second kappa shape index (κ2) is 14.0. The zero-order chi connectivity index (χ0) is 24.2. The minimum Gasteiger partial charge on any atom is -0.493 e. The number of carbonyl (C=O) groups excluding carboxylic acids is 2. The number of rotatable bonds is 11. The van der Waals surface area contributed by atoms with E-state index >= 15 is 0 Å². The summed E-state index contributed by atoms with van der Waals surface area (Å²) in [7, 11) is 0. The Hall–Kier alpha value is -2.45. The van der Waals surface area contributed by atoms with Crippen molar-refractivity contribution < 1.29 is 14.3 Å². The Balaban J connectivity index is 1.93. The topological polar surface area (TPSA) is 79.5 Å². The lowest BCUT2D eigenvalue weighted by Crippen LogP contribution is -2.34. The first-order chi connectivity index (χ1) is 15.8. The number of halogens is 1. The Morgan fingerprint density at radius 2 is 1.67 bits per heavy atom. The van der Waals surface area contributed by atoms with Crippen LogP contribution < -0.4 is 20.7 Å². The smallest absolute Gasteiger partial charge is 0.261 e. The summed E-state index contributed by atoms with van der Waals surface area (Å²) in [5.41, 5.74) is 1.81. The van der Waals surface area contributed by atoms with Gasteiger partial charge in [-0.25, -0.2) is 0 Å². The summed E-state index contributed by atoms with van der Waals surface area (Å²) in [6.07, 6.45) is 4.84. The van der Waals surface area contributed by atoms with Gasteiger partial charge < -0.3 is 15.4 Å². The average Bonchev–Trinajstić information content (AvgIpc) is 2.75. The van der Waals surface area contributed by atoms with Crippen molar-refractivity contribution in [3.8, 4) is 5.75 Å². The molecule has 0 unspecified atom stereocenters. The number of hydrogen-bond acceptors (Lipinski definition) is 4. The third-order valence-electron chi connectivity index (χ3n) is 4.69. The van der Waals surface area contributed by atoms with E-state index in [1.54, 1.807) is 36.4 Å². The number of unbranched alkanes of at least 4 members (excludes halogenated alkanes) is 3. The van der Waals surface area contributed by atoms with Crippen LogP contribution in [0.2, 0.25) is 0 Å². The molecular weight excluding hydrogens is 502 g/mol. The summed E-state index contributed by atoms with van der Waals surface area (Å²) in [5.74, 6) is 0.446. The van der Waals surface area contributed by atoms with Crippen LogP contribution in [0.4, 0.5) is 11.4 Å². The SMILES string of the molecule is CCCCCCOc1ccc(Br)cc1C(=O)NC(=S)Nc1ccc(NC(=O)CC(C)C)cc1. The van der Waals surface area contributed by atoms with Crippen LogP contribution in [0.5, 0.6) is 5.75 Å². The highest BCUT2D eigenvalue weighted by atomic mass is 79.9. The molecule has 8 heteroatoms. The molecule has 0 radical (unpaired) electrons. The summed E-state index contributed by atoms with van der Waals surface area (Å²) in [4.78, 5) is 24.7. The Labute approximate surface area is 210 Å². The summed E-state index contributed by atoms with van der Waals surface area (Å²) in [5, 5.41) is 8.72. The molecule has 0 saturated carbocycles. The Kier molecular flexibility index (Phi) is 11.3. The van der Waals surface area contributed by atoms with Crippen LogP contribution in [0.25, 0.3) is 0 Å². The molecule has 6 nitrogen and oxygen atoms in total. The fourth-order valence-electron chi connectivity index (χ4n) is 3.07. The molecule has 0 heterocycles. The van der Waals surface area contributed by atoms with E-state index in [1.165, 1.54) is 6.42 Å². The Morgan fingerprint density at radius 3 is 2.30 bits per heavy atom. The van der Waals surface area contributed by atoms with Gasteiger partial charge in [-0.3, -0.25) is 14.9 Å². The minimum absolute atomic E-state index is 0.0223. The normalized spacial score (nSPS) is 10.6. The number of ether oxygens (including phenoxy) is 1. The Bertz CT molecular complexity index is 948. The van der Waals surface area contributed by atoms with Crippen LogP contribution in [-0.2, 0) is 4.79 Å². The molecule has 2 aromatic carbocycles. The average molecular weight is 535 g/mol. The first-order valence-corrected chi connectivity index (χ1v) is 12.4. The summed E-state index contributed by atoms with van der Waals surface area (Å²) in [6, 6.07) is 12.5. The van der Waals surface area contributed by atoms with Gasteiger partial charge in [-0.15, -0.1) is 0 Å². The highest BCUT2D eigenvalue weighted by molar-refractivity contribution is 9.10. The zero-order valence-electron chi connectivity index (χ0n) is 19.4. The second-order valence-electron chi connectivity index (χ2n) is 8.18. The lowest BCUT2D eigenvalue weighted by atomic mass is 10.1. The van der Waals surface area contributed by atoms with Gasteiger partial charge in [-0.05, 0) is 67.0 Å². The van der Waals surface area contributed by atoms with Crippen LogP contribution in [0, 0.1) is 5.92 Å². The van der Waals surface area contributed by atoms with Gasteiger partial charge in [0.05, 0.1) is 12.2 Å². The van der Waals surface area contributed by atoms with Crippen LogP contribution in [0.3, 0.4) is 0 Å². The predicted molar refractivity (Wildman–Crippen MR) is 142 cm³/mol. The molecule has 2 amide bonds. The van der Waals surface area contributed by atoms with Crippen molar-refractivity contribution in [2.75, 3.05) is 17.2 Å². The van der Waals surface area contributed by atoms with E-state index in [9.17, 15) is 9.59 Å². The molecule has 0 aromatic heterocycles. The lowest BCUT2D eigenvalue weighted by Gasteiger charge is -2.14. The lowest BCUT2D eigenvalue weighted by molar-refractivity contribution is -0.116. The third-order valence-corrected chi connectivity index (χ3v) is 5.39. The molecule has 3 N–H and O–H groups in total. The van der Waals surface area contributed by atoms with Gasteiger partial charge in [0.1, 0.15) is 5.75 Å². The molecular formula is C25H32BrN3O3S. The number of nitrogens with one attached hydrogen (secondary N) is 3. The van der Waals surface area contributed by atoms with E-state index in [0.29, 0.717) is 41.6 Å². The van der Waals surface area contributed by atoms with Crippen molar-refractivity contribution in [2.24, 2.45) is 5.92 Å². The van der Waals surface area contributed by atoms with Gasteiger partial charge >= 0.3 is 0 Å². The number of benzene rings is 2. The number of anilines is 2. The second-order valence-corrected chi connectivity index (χ2v) is 9.51. The van der Waals surface area contributed by atoms with E-state index in [0.717, 1.165) is 23.7 Å². The van der Waals surface area contributed by atoms with Crippen molar-refractivity contribution in [2.45, 2.75) is 52.9 Å². The van der Waals surface area contributed by atoms with E-state index in [-0.39, 0.29) is 16.9 Å². The molecule has 178 valence electrons. The van der Waals surface area contributed by atoms with Crippen molar-refractivity contribution in [1.82, 2.24) is 5.32 Å². The highest BCUT2D eigenvalue weighted by Gasteiger charge is 2.15. The van der Waals surface area contributed by atoms with Gasteiger partial charge in [-0.1, -0.05) is 56.0 Å². The molecule has 33 heavy (non-hydrogen) atoms. The van der Waals surface area contributed by atoms with Crippen molar-refractivity contribution in [1.29, 1.82) is 0 Å². The zero-order valence-corrected chi connectivity index (χ0v) is 21.8. The number of thiocarbonyl (C=S) groups is 1. The van der Waals surface area contributed by atoms with Gasteiger partial charge in [-0.2, -0.15) is 0 Å². The maximum atomic E-state index is 12.8. The molecule has 0 spiro atoms. The maximum Gasteiger partial charge on any atom is 0.261 e. The van der Waals surface area contributed by atoms with Gasteiger partial charge in [0.2, 0.25) is 5.91 Å². The number of hydrogen-bond donors (Lipinski definition) is 3. The van der Waals surface area contributed by atoms with Crippen LogP contribution >= 0.6 is 28.1 Å². The van der Waals surface area contributed by atoms with Crippen LogP contribution in [0.15, 0.2) is 46.9 Å². The molecule has 0 atom stereocenters. The quantitative estimate of drug-likeness (QED) is 0.226. The first-order valence-electron chi connectivity index (χ1n) is 11.2. The fraction of sp³-hybridized carbons (Fsp3) is 0.400. The maximum absolute atomic E-state index is 12.8. The van der Waals surface area contributed by atoms with Gasteiger partial charge in [0, 0.05) is 22.3 Å². The van der Waals surface area contributed by atoms with Crippen LogP contribution in [0.1, 0.15) is 63.2 Å². The molecule has 0 aliphatic carbocycles. The van der Waals surface area contributed by atoms with Crippen molar-refractivity contribution in [3.05, 3.63) is 52.5 Å². The van der Waals surface area contributed by atoms with E-state index < -0.39 is 0 Å². The van der Waals surface area contributed by atoms with Crippen molar-refractivity contribution >= 4 is 56.4 Å². The predicted octanol–water partition coefficient (Wildman–Crippen LogP) is 6.52. The van der Waals surface area contributed by atoms with E-state index in [4.69, 9.17) is 17.0 Å². The molecule has 0 fully saturated rings. The standard InChI is InChI=1S/C25H32BrN3O3S/c1-4-5-6-7-14-32-22-13-8-18(26)16-21(22)24(31)29-25(33)28-20-11-9-19(10-12-20)27-23(30)15-17(2)3/h8-13,16-17H,4-7,14-15H2,1-3H3,(H,27,30)(H2,28,29,31,33). The minimum atomic E-state index is -0.352.